The zero-order valence-corrected chi connectivity index (χ0v) is 14.5. The third kappa shape index (κ3) is 2.89. The molecule has 2 rings (SSSR count). The van der Waals surface area contributed by atoms with Crippen molar-refractivity contribution in [2.75, 3.05) is 0 Å². The summed E-state index contributed by atoms with van der Waals surface area (Å²) in [6.45, 7) is 4.19. The second-order valence-electron chi connectivity index (χ2n) is 6.27. The molecule has 1 aliphatic rings. The summed E-state index contributed by atoms with van der Waals surface area (Å²) in [7, 11) is 0. The molecule has 2 nitrogen and oxygen atoms in total. The Morgan fingerprint density at radius 1 is 1.38 bits per heavy atom. The van der Waals surface area contributed by atoms with Crippen LogP contribution in [0.2, 0.25) is 0 Å². The van der Waals surface area contributed by atoms with Crippen molar-refractivity contribution in [1.82, 2.24) is 0 Å². The van der Waals surface area contributed by atoms with E-state index in [9.17, 15) is 10.4 Å². The number of hydrogen-bond donors (Lipinski definition) is 1. The molecule has 0 heterocycles. The van der Waals surface area contributed by atoms with Crippen molar-refractivity contribution in [3.63, 3.8) is 0 Å². The summed E-state index contributed by atoms with van der Waals surface area (Å²) in [5.41, 5.74) is -0.866. The van der Waals surface area contributed by atoms with E-state index in [1.54, 1.807) is 0 Å². The first kappa shape index (κ1) is 16.5. The van der Waals surface area contributed by atoms with Crippen molar-refractivity contribution in [3.05, 3.63) is 34.3 Å². The molecule has 0 radical (unpaired) electrons. The highest BCUT2D eigenvalue weighted by Gasteiger charge is 2.52. The van der Waals surface area contributed by atoms with Crippen LogP contribution >= 0.6 is 15.9 Å². The van der Waals surface area contributed by atoms with E-state index in [0.717, 1.165) is 35.7 Å². The van der Waals surface area contributed by atoms with E-state index in [-0.39, 0.29) is 0 Å². The molecule has 3 heteroatoms. The van der Waals surface area contributed by atoms with Gasteiger partial charge in [-0.1, -0.05) is 48.3 Å². The number of aliphatic hydroxyl groups is 1. The van der Waals surface area contributed by atoms with Gasteiger partial charge in [-0.25, -0.2) is 0 Å². The van der Waals surface area contributed by atoms with Crippen LogP contribution in [-0.4, -0.2) is 5.11 Å². The molecule has 114 valence electrons. The Kier molecular flexibility index (Phi) is 5.11. The van der Waals surface area contributed by atoms with E-state index in [4.69, 9.17) is 0 Å². The predicted octanol–water partition coefficient (Wildman–Crippen LogP) is 5.16. The molecule has 1 atom stereocenters. The van der Waals surface area contributed by atoms with Gasteiger partial charge in [0.25, 0.3) is 0 Å². The molecule has 0 saturated heterocycles. The highest BCUT2D eigenvalue weighted by molar-refractivity contribution is 9.10. The summed E-state index contributed by atoms with van der Waals surface area (Å²) in [4.78, 5) is 0. The standard InChI is InChI=1S/C18H24BrNO/c1-3-14-8-10-17(13-20,11-9-14)18(21,4-2)15-6-5-7-16(19)12-15/h5-7,12,14,21H,3-4,8-11H2,1-2H3. The minimum Gasteiger partial charge on any atom is -0.383 e. The first-order valence-corrected chi connectivity index (χ1v) is 8.70. The Labute approximate surface area is 136 Å². The Bertz CT molecular complexity index is 528. The van der Waals surface area contributed by atoms with Crippen molar-refractivity contribution in [3.8, 4) is 6.07 Å². The molecule has 0 aliphatic heterocycles. The number of nitriles is 1. The maximum atomic E-state index is 11.4. The van der Waals surface area contributed by atoms with Crippen LogP contribution in [0.1, 0.15) is 57.9 Å². The van der Waals surface area contributed by atoms with Gasteiger partial charge in [-0.3, -0.25) is 0 Å². The van der Waals surface area contributed by atoms with Gasteiger partial charge >= 0.3 is 0 Å². The smallest absolute Gasteiger partial charge is 0.108 e. The lowest BCUT2D eigenvalue weighted by atomic mass is 9.59. The maximum absolute atomic E-state index is 11.4. The molecular formula is C18H24BrNO. The zero-order chi connectivity index (χ0) is 15.5. The Morgan fingerprint density at radius 3 is 2.52 bits per heavy atom. The van der Waals surface area contributed by atoms with Gasteiger partial charge in [0.2, 0.25) is 0 Å². The quantitative estimate of drug-likeness (QED) is 0.815. The van der Waals surface area contributed by atoms with Crippen molar-refractivity contribution in [1.29, 1.82) is 5.26 Å². The second-order valence-corrected chi connectivity index (χ2v) is 7.19. The van der Waals surface area contributed by atoms with E-state index in [1.807, 2.05) is 31.2 Å². The summed E-state index contributed by atoms with van der Waals surface area (Å²) < 4.78 is 0.946. The van der Waals surface area contributed by atoms with Gasteiger partial charge in [-0.2, -0.15) is 5.26 Å². The molecule has 21 heavy (non-hydrogen) atoms. The number of benzene rings is 1. The first-order valence-electron chi connectivity index (χ1n) is 7.91. The summed E-state index contributed by atoms with van der Waals surface area (Å²) in [6, 6.07) is 10.3. The fourth-order valence-corrected chi connectivity index (χ4v) is 4.16. The van der Waals surface area contributed by atoms with Crippen LogP contribution in [0.3, 0.4) is 0 Å². The zero-order valence-electron chi connectivity index (χ0n) is 12.9. The lowest BCUT2D eigenvalue weighted by Gasteiger charge is -2.46. The third-order valence-corrected chi connectivity index (χ3v) is 5.85. The molecule has 0 bridgehead atoms. The molecule has 1 unspecified atom stereocenters. The highest BCUT2D eigenvalue weighted by atomic mass is 79.9. The van der Waals surface area contributed by atoms with Gasteiger partial charge < -0.3 is 5.11 Å². The lowest BCUT2D eigenvalue weighted by molar-refractivity contribution is -0.0878. The second kappa shape index (κ2) is 6.50. The molecule has 1 aromatic carbocycles. The SMILES string of the molecule is CCC1CCC(C#N)(C(O)(CC)c2cccc(Br)c2)CC1. The normalized spacial score (nSPS) is 28.6. The first-order chi connectivity index (χ1) is 10.0. The monoisotopic (exact) mass is 349 g/mol. The molecule has 1 N–H and O–H groups in total. The van der Waals surface area contributed by atoms with Crippen molar-refractivity contribution >= 4 is 15.9 Å². The van der Waals surface area contributed by atoms with Crippen LogP contribution < -0.4 is 0 Å². The summed E-state index contributed by atoms with van der Waals surface area (Å²) in [6.07, 6.45) is 5.40. The van der Waals surface area contributed by atoms with Gasteiger partial charge in [-0.15, -0.1) is 0 Å². The average Bonchev–Trinajstić information content (AvgIpc) is 2.54. The average molecular weight is 350 g/mol. The van der Waals surface area contributed by atoms with Crippen LogP contribution in [0.4, 0.5) is 0 Å². The van der Waals surface area contributed by atoms with Gasteiger partial charge in [0.15, 0.2) is 0 Å². The van der Waals surface area contributed by atoms with Gasteiger partial charge in [0.05, 0.1) is 11.5 Å². The molecule has 0 amide bonds. The highest BCUT2D eigenvalue weighted by Crippen LogP contribution is 2.53. The van der Waals surface area contributed by atoms with Crippen LogP contribution in [-0.2, 0) is 5.60 Å². The number of nitrogens with zero attached hydrogens (tertiary/aromatic N) is 1. The topological polar surface area (TPSA) is 44.0 Å². The maximum Gasteiger partial charge on any atom is 0.108 e. The Morgan fingerprint density at radius 2 is 2.05 bits per heavy atom. The van der Waals surface area contributed by atoms with E-state index in [1.165, 1.54) is 6.42 Å². The molecule has 1 aliphatic carbocycles. The van der Waals surface area contributed by atoms with Gasteiger partial charge in [-0.05, 0) is 55.7 Å². The summed E-state index contributed by atoms with van der Waals surface area (Å²) in [5.74, 6) is 0.704. The van der Waals surface area contributed by atoms with Crippen LogP contribution in [0, 0.1) is 22.7 Å². The van der Waals surface area contributed by atoms with E-state index < -0.39 is 11.0 Å². The van der Waals surface area contributed by atoms with Crippen LogP contribution in [0.5, 0.6) is 0 Å². The van der Waals surface area contributed by atoms with Crippen molar-refractivity contribution < 1.29 is 5.11 Å². The number of rotatable bonds is 4. The largest absolute Gasteiger partial charge is 0.383 e. The lowest BCUT2D eigenvalue weighted by Crippen LogP contribution is -2.47. The summed E-state index contributed by atoms with van der Waals surface area (Å²) in [5, 5.41) is 21.3. The van der Waals surface area contributed by atoms with Crippen LogP contribution in [0.25, 0.3) is 0 Å². The van der Waals surface area contributed by atoms with E-state index in [2.05, 4.69) is 28.9 Å². The number of hydrogen-bond acceptors (Lipinski definition) is 2. The Hall–Kier alpha value is -0.850. The minimum absolute atomic E-state index is 0.563. The van der Waals surface area contributed by atoms with Crippen LogP contribution in [0.15, 0.2) is 28.7 Å². The van der Waals surface area contributed by atoms with Crippen molar-refractivity contribution in [2.45, 2.75) is 58.0 Å². The molecule has 1 fully saturated rings. The fraction of sp³-hybridized carbons (Fsp3) is 0.611. The molecule has 1 saturated carbocycles. The molecular weight excluding hydrogens is 326 g/mol. The molecule has 0 spiro atoms. The molecule has 0 aromatic heterocycles. The number of halogens is 1. The Balaban J connectivity index is 2.40. The van der Waals surface area contributed by atoms with Gasteiger partial charge in [0, 0.05) is 4.47 Å². The van der Waals surface area contributed by atoms with Gasteiger partial charge in [0.1, 0.15) is 5.60 Å². The molecule has 1 aromatic rings. The third-order valence-electron chi connectivity index (χ3n) is 5.36. The minimum atomic E-state index is -1.07. The van der Waals surface area contributed by atoms with E-state index >= 15 is 0 Å². The predicted molar refractivity (Wildman–Crippen MR) is 88.6 cm³/mol. The van der Waals surface area contributed by atoms with E-state index in [0.29, 0.717) is 12.3 Å². The summed E-state index contributed by atoms with van der Waals surface area (Å²) >= 11 is 3.47. The van der Waals surface area contributed by atoms with Crippen molar-refractivity contribution in [2.24, 2.45) is 11.3 Å². The fourth-order valence-electron chi connectivity index (χ4n) is 3.76.